The maximum absolute atomic E-state index is 12.6. The van der Waals surface area contributed by atoms with E-state index in [1.807, 2.05) is 0 Å². The molecule has 2 heterocycles. The molecule has 2 aliphatic heterocycles. The molecule has 104 valence electrons. The molecule has 0 aliphatic carbocycles. The van der Waals surface area contributed by atoms with Crippen LogP contribution in [0.2, 0.25) is 0 Å². The Labute approximate surface area is 110 Å². The summed E-state index contributed by atoms with van der Waals surface area (Å²) in [7, 11) is 0. The highest BCUT2D eigenvalue weighted by Gasteiger charge is 2.38. The van der Waals surface area contributed by atoms with E-state index in [0.717, 1.165) is 39.0 Å². The highest BCUT2D eigenvalue weighted by molar-refractivity contribution is 5.82. The maximum Gasteiger partial charge on any atom is 0.252 e. The molecule has 2 rings (SSSR count). The summed E-state index contributed by atoms with van der Waals surface area (Å²) >= 11 is 0. The van der Waals surface area contributed by atoms with Gasteiger partial charge in [0.15, 0.2) is 0 Å². The monoisotopic (exact) mass is 254 g/mol. The van der Waals surface area contributed by atoms with Crippen molar-refractivity contribution in [1.82, 2.24) is 10.2 Å². The summed E-state index contributed by atoms with van der Waals surface area (Å²) in [5.41, 5.74) is 0. The zero-order chi connectivity index (χ0) is 13.1. The first-order valence-electron chi connectivity index (χ1n) is 7.32. The maximum atomic E-state index is 12.6. The average molecular weight is 254 g/mol. The zero-order valence-corrected chi connectivity index (χ0v) is 11.8. The van der Waals surface area contributed by atoms with Crippen LogP contribution in [0.5, 0.6) is 0 Å². The average Bonchev–Trinajstić information content (AvgIpc) is 2.83. The third kappa shape index (κ3) is 2.69. The summed E-state index contributed by atoms with van der Waals surface area (Å²) in [6.45, 7) is 8.93. The van der Waals surface area contributed by atoms with Crippen molar-refractivity contribution in [3.63, 3.8) is 0 Å². The molecule has 1 N–H and O–H groups in total. The van der Waals surface area contributed by atoms with Crippen LogP contribution >= 0.6 is 0 Å². The van der Waals surface area contributed by atoms with E-state index in [-0.39, 0.29) is 12.0 Å². The van der Waals surface area contributed by atoms with Gasteiger partial charge in [-0.3, -0.25) is 4.79 Å². The minimum Gasteiger partial charge on any atom is -0.368 e. The van der Waals surface area contributed by atoms with Crippen molar-refractivity contribution in [3.05, 3.63) is 0 Å². The van der Waals surface area contributed by atoms with Crippen molar-refractivity contribution in [2.24, 2.45) is 5.92 Å². The summed E-state index contributed by atoms with van der Waals surface area (Å²) in [5, 5.41) is 3.52. The Bertz CT molecular complexity index is 296. The zero-order valence-electron chi connectivity index (χ0n) is 11.8. The number of carbonyl (C=O) groups excluding carboxylic acids is 1. The van der Waals surface area contributed by atoms with Crippen molar-refractivity contribution < 1.29 is 9.53 Å². The van der Waals surface area contributed by atoms with E-state index in [1.165, 1.54) is 0 Å². The molecule has 4 heteroatoms. The predicted molar refractivity (Wildman–Crippen MR) is 71.4 cm³/mol. The molecule has 0 spiro atoms. The number of ether oxygens (including phenoxy) is 1. The molecule has 0 aromatic rings. The second-order valence-electron chi connectivity index (χ2n) is 5.62. The summed E-state index contributed by atoms with van der Waals surface area (Å²) in [5.74, 6) is 0.580. The SMILES string of the molecule is CCC1CN(C(=O)C2OCCC2C)C(CC)CN1. The normalized spacial score (nSPS) is 36.9. The molecular weight excluding hydrogens is 228 g/mol. The summed E-state index contributed by atoms with van der Waals surface area (Å²) < 4.78 is 5.63. The fourth-order valence-corrected chi connectivity index (χ4v) is 2.95. The van der Waals surface area contributed by atoms with Crippen molar-refractivity contribution in [2.45, 2.75) is 58.2 Å². The highest BCUT2D eigenvalue weighted by Crippen LogP contribution is 2.24. The van der Waals surface area contributed by atoms with Gasteiger partial charge in [0, 0.05) is 31.8 Å². The standard InChI is InChI=1S/C14H26N2O2/c1-4-11-9-16(12(5-2)8-15-11)14(17)13-10(3)6-7-18-13/h10-13,15H,4-9H2,1-3H3. The minimum atomic E-state index is -0.199. The Morgan fingerprint density at radius 2 is 2.17 bits per heavy atom. The smallest absolute Gasteiger partial charge is 0.252 e. The van der Waals surface area contributed by atoms with Crippen molar-refractivity contribution in [3.8, 4) is 0 Å². The van der Waals surface area contributed by atoms with Gasteiger partial charge in [0.2, 0.25) is 0 Å². The molecule has 18 heavy (non-hydrogen) atoms. The number of nitrogens with one attached hydrogen (secondary N) is 1. The van der Waals surface area contributed by atoms with Gasteiger partial charge in [0.1, 0.15) is 6.10 Å². The number of piperazine rings is 1. The number of nitrogens with zero attached hydrogens (tertiary/aromatic N) is 1. The first kappa shape index (κ1) is 13.8. The van der Waals surface area contributed by atoms with Crippen LogP contribution in [0.15, 0.2) is 0 Å². The van der Waals surface area contributed by atoms with Gasteiger partial charge in [-0.2, -0.15) is 0 Å². The molecule has 0 bridgehead atoms. The van der Waals surface area contributed by atoms with Gasteiger partial charge in [0.05, 0.1) is 0 Å². The molecule has 1 amide bonds. The van der Waals surface area contributed by atoms with E-state index < -0.39 is 0 Å². The van der Waals surface area contributed by atoms with E-state index in [2.05, 4.69) is 31.0 Å². The van der Waals surface area contributed by atoms with Gasteiger partial charge in [-0.15, -0.1) is 0 Å². The Balaban J connectivity index is 2.05. The van der Waals surface area contributed by atoms with E-state index in [4.69, 9.17) is 4.74 Å². The number of hydrogen-bond donors (Lipinski definition) is 1. The Kier molecular flexibility index (Phi) is 4.62. The molecule has 2 fully saturated rings. The fraction of sp³-hybridized carbons (Fsp3) is 0.929. The summed E-state index contributed by atoms with van der Waals surface area (Å²) in [4.78, 5) is 14.7. The van der Waals surface area contributed by atoms with Gasteiger partial charge < -0.3 is 15.0 Å². The van der Waals surface area contributed by atoms with E-state index >= 15 is 0 Å². The Hall–Kier alpha value is -0.610. The Morgan fingerprint density at radius 1 is 1.39 bits per heavy atom. The van der Waals surface area contributed by atoms with E-state index in [0.29, 0.717) is 18.0 Å². The quantitative estimate of drug-likeness (QED) is 0.828. The van der Waals surface area contributed by atoms with Crippen molar-refractivity contribution >= 4 is 5.91 Å². The number of carbonyl (C=O) groups is 1. The van der Waals surface area contributed by atoms with Gasteiger partial charge in [-0.25, -0.2) is 0 Å². The predicted octanol–water partition coefficient (Wildman–Crippen LogP) is 1.40. The Morgan fingerprint density at radius 3 is 2.72 bits per heavy atom. The van der Waals surface area contributed by atoms with E-state index in [9.17, 15) is 4.79 Å². The highest BCUT2D eigenvalue weighted by atomic mass is 16.5. The van der Waals surface area contributed by atoms with Gasteiger partial charge in [0.25, 0.3) is 5.91 Å². The third-order valence-corrected chi connectivity index (χ3v) is 4.38. The van der Waals surface area contributed by atoms with Crippen LogP contribution in [0.25, 0.3) is 0 Å². The largest absolute Gasteiger partial charge is 0.368 e. The van der Waals surface area contributed by atoms with Gasteiger partial charge in [-0.05, 0) is 25.2 Å². The molecule has 0 saturated carbocycles. The number of amides is 1. The lowest BCUT2D eigenvalue weighted by Gasteiger charge is -2.41. The second-order valence-corrected chi connectivity index (χ2v) is 5.62. The van der Waals surface area contributed by atoms with Crippen molar-refractivity contribution in [2.75, 3.05) is 19.7 Å². The first-order chi connectivity index (χ1) is 8.67. The second kappa shape index (κ2) is 6.02. The minimum absolute atomic E-state index is 0.199. The molecule has 2 saturated heterocycles. The lowest BCUT2D eigenvalue weighted by molar-refractivity contribution is -0.146. The molecular formula is C14H26N2O2. The van der Waals surface area contributed by atoms with Crippen LogP contribution < -0.4 is 5.32 Å². The van der Waals surface area contributed by atoms with Crippen LogP contribution in [0.3, 0.4) is 0 Å². The van der Waals surface area contributed by atoms with Crippen LogP contribution in [0, 0.1) is 5.92 Å². The molecule has 0 aromatic heterocycles. The topological polar surface area (TPSA) is 41.6 Å². The van der Waals surface area contributed by atoms with E-state index in [1.54, 1.807) is 0 Å². The number of hydrogen-bond acceptors (Lipinski definition) is 3. The molecule has 2 aliphatic rings. The van der Waals surface area contributed by atoms with Crippen LogP contribution in [0.1, 0.15) is 40.0 Å². The van der Waals surface area contributed by atoms with Gasteiger partial charge >= 0.3 is 0 Å². The lowest BCUT2D eigenvalue weighted by Crippen LogP contribution is -2.60. The first-order valence-corrected chi connectivity index (χ1v) is 7.32. The van der Waals surface area contributed by atoms with Gasteiger partial charge in [-0.1, -0.05) is 20.8 Å². The fourth-order valence-electron chi connectivity index (χ4n) is 2.95. The summed E-state index contributed by atoms with van der Waals surface area (Å²) in [6.07, 6.45) is 2.89. The molecule has 0 radical (unpaired) electrons. The van der Waals surface area contributed by atoms with Crippen LogP contribution in [0.4, 0.5) is 0 Å². The molecule has 4 atom stereocenters. The molecule has 4 nitrogen and oxygen atoms in total. The molecule has 4 unspecified atom stereocenters. The lowest BCUT2D eigenvalue weighted by atomic mass is 9.99. The third-order valence-electron chi connectivity index (χ3n) is 4.38. The summed E-state index contributed by atoms with van der Waals surface area (Å²) in [6, 6.07) is 0.769. The van der Waals surface area contributed by atoms with Crippen LogP contribution in [-0.4, -0.2) is 48.7 Å². The van der Waals surface area contributed by atoms with Crippen LogP contribution in [-0.2, 0) is 9.53 Å². The molecule has 0 aromatic carbocycles. The van der Waals surface area contributed by atoms with Crippen molar-refractivity contribution in [1.29, 1.82) is 0 Å². The number of rotatable bonds is 3.